The molecule has 3 aromatic carbocycles. The molecule has 26 heavy (non-hydrogen) atoms. The predicted octanol–water partition coefficient (Wildman–Crippen LogP) is 5.79. The average molecular weight is 336 g/mol. The van der Waals surface area contributed by atoms with Gasteiger partial charge in [-0.3, -0.25) is 9.97 Å². The molecule has 0 fully saturated rings. The maximum absolute atomic E-state index is 4.65. The molecule has 1 aliphatic carbocycles. The predicted molar refractivity (Wildman–Crippen MR) is 107 cm³/mol. The van der Waals surface area contributed by atoms with E-state index in [2.05, 4.69) is 73.2 Å². The van der Waals surface area contributed by atoms with Crippen molar-refractivity contribution in [1.82, 2.24) is 9.97 Å². The van der Waals surface area contributed by atoms with Crippen molar-refractivity contribution in [3.8, 4) is 22.3 Å². The first kappa shape index (κ1) is 15.3. The van der Waals surface area contributed by atoms with Crippen LogP contribution in [0.2, 0.25) is 0 Å². The van der Waals surface area contributed by atoms with Gasteiger partial charge in [-0.05, 0) is 60.6 Å². The van der Waals surface area contributed by atoms with Crippen molar-refractivity contribution in [2.75, 3.05) is 0 Å². The molecule has 0 saturated carbocycles. The molecule has 0 saturated heterocycles. The third-order valence-corrected chi connectivity index (χ3v) is 5.33. The Hall–Kier alpha value is -3.00. The average Bonchev–Trinajstić information content (AvgIpc) is 2.98. The Balaban J connectivity index is 1.70. The second-order valence-electron chi connectivity index (χ2n) is 7.41. The lowest BCUT2D eigenvalue weighted by Gasteiger charge is -2.09. The third kappa shape index (κ3) is 2.26. The zero-order chi connectivity index (χ0) is 17.8. The summed E-state index contributed by atoms with van der Waals surface area (Å²) in [5.41, 5.74) is 13.8. The number of nitrogens with zero attached hydrogens (tertiary/aromatic N) is 2. The van der Waals surface area contributed by atoms with Gasteiger partial charge in [0.2, 0.25) is 0 Å². The summed E-state index contributed by atoms with van der Waals surface area (Å²) in [5, 5.41) is 0. The summed E-state index contributed by atoms with van der Waals surface area (Å²) in [6.07, 6.45) is 4.54. The molecule has 1 aliphatic rings. The van der Waals surface area contributed by atoms with E-state index < -0.39 is 0 Å². The second kappa shape index (κ2) is 5.50. The molecule has 0 unspecified atom stereocenters. The maximum atomic E-state index is 4.65. The standard InChI is InChI=1S/C24H20N2/c1-14-8-15(2)10-18(9-14)17-4-5-21-19(12-17)13-20-11-16(3)23-24(22(20)21)26-7-6-25-23/h4-12H,13H2,1-3H3. The highest BCUT2D eigenvalue weighted by Crippen LogP contribution is 2.42. The van der Waals surface area contributed by atoms with Crippen molar-refractivity contribution in [2.24, 2.45) is 0 Å². The summed E-state index contributed by atoms with van der Waals surface area (Å²) in [4.78, 5) is 9.21. The van der Waals surface area contributed by atoms with Gasteiger partial charge in [0.1, 0.15) is 0 Å². The minimum atomic E-state index is 0.969. The molecule has 2 nitrogen and oxygen atoms in total. The van der Waals surface area contributed by atoms with Gasteiger partial charge in [0.25, 0.3) is 0 Å². The van der Waals surface area contributed by atoms with Gasteiger partial charge < -0.3 is 0 Å². The van der Waals surface area contributed by atoms with Crippen LogP contribution in [0.5, 0.6) is 0 Å². The van der Waals surface area contributed by atoms with Crippen LogP contribution in [0.1, 0.15) is 27.8 Å². The van der Waals surface area contributed by atoms with Crippen LogP contribution < -0.4 is 0 Å². The number of aromatic nitrogens is 2. The number of fused-ring (bicyclic) bond motifs is 5. The van der Waals surface area contributed by atoms with Crippen molar-refractivity contribution >= 4 is 11.0 Å². The fourth-order valence-electron chi connectivity index (χ4n) is 4.31. The van der Waals surface area contributed by atoms with Crippen LogP contribution in [-0.2, 0) is 6.42 Å². The molecule has 0 aliphatic heterocycles. The van der Waals surface area contributed by atoms with Gasteiger partial charge >= 0.3 is 0 Å². The number of hydrogen-bond acceptors (Lipinski definition) is 2. The van der Waals surface area contributed by atoms with Crippen LogP contribution in [0.3, 0.4) is 0 Å². The largest absolute Gasteiger partial charge is 0.253 e. The summed E-state index contributed by atoms with van der Waals surface area (Å²) >= 11 is 0. The quantitative estimate of drug-likeness (QED) is 0.387. The molecule has 0 amide bonds. The lowest BCUT2D eigenvalue weighted by Crippen LogP contribution is -1.91. The Kier molecular flexibility index (Phi) is 3.23. The van der Waals surface area contributed by atoms with Gasteiger partial charge in [-0.25, -0.2) is 0 Å². The maximum Gasteiger partial charge on any atom is 0.0970 e. The molecule has 2 heteroatoms. The first-order chi connectivity index (χ1) is 12.6. The van der Waals surface area contributed by atoms with Crippen molar-refractivity contribution in [2.45, 2.75) is 27.2 Å². The molecule has 0 bridgehead atoms. The summed E-state index contributed by atoms with van der Waals surface area (Å²) < 4.78 is 0. The van der Waals surface area contributed by atoms with Crippen LogP contribution in [0.15, 0.2) is 54.9 Å². The SMILES string of the molecule is Cc1cc(C)cc(-c2ccc3c(c2)Cc2cc(C)c4nccnc4c2-3)c1. The second-order valence-corrected chi connectivity index (χ2v) is 7.41. The Labute approximate surface area is 153 Å². The smallest absolute Gasteiger partial charge is 0.0970 e. The lowest BCUT2D eigenvalue weighted by molar-refractivity contribution is 1.23. The molecule has 0 spiro atoms. The molecule has 1 aromatic heterocycles. The Morgan fingerprint density at radius 1 is 0.692 bits per heavy atom. The minimum absolute atomic E-state index is 0.969. The van der Waals surface area contributed by atoms with Gasteiger partial charge in [-0.15, -0.1) is 0 Å². The van der Waals surface area contributed by atoms with Crippen molar-refractivity contribution in [3.05, 3.63) is 82.7 Å². The first-order valence-electron chi connectivity index (χ1n) is 9.05. The van der Waals surface area contributed by atoms with Gasteiger partial charge in [0, 0.05) is 18.0 Å². The van der Waals surface area contributed by atoms with Crippen LogP contribution in [-0.4, -0.2) is 9.97 Å². The Bertz CT molecular complexity index is 1170. The van der Waals surface area contributed by atoms with E-state index in [1.54, 1.807) is 12.4 Å². The fourth-order valence-corrected chi connectivity index (χ4v) is 4.31. The summed E-state index contributed by atoms with van der Waals surface area (Å²) in [5.74, 6) is 0. The van der Waals surface area contributed by atoms with E-state index in [1.807, 2.05) is 0 Å². The highest BCUT2D eigenvalue weighted by atomic mass is 14.8. The summed E-state index contributed by atoms with van der Waals surface area (Å²) in [6.45, 7) is 6.45. The van der Waals surface area contributed by atoms with Crippen molar-refractivity contribution < 1.29 is 0 Å². The van der Waals surface area contributed by atoms with Gasteiger partial charge in [0.15, 0.2) is 0 Å². The van der Waals surface area contributed by atoms with Crippen LogP contribution in [0.4, 0.5) is 0 Å². The van der Waals surface area contributed by atoms with Crippen molar-refractivity contribution in [3.63, 3.8) is 0 Å². The molecule has 1 heterocycles. The van der Waals surface area contributed by atoms with Gasteiger partial charge in [-0.2, -0.15) is 0 Å². The highest BCUT2D eigenvalue weighted by Gasteiger charge is 2.23. The zero-order valence-electron chi connectivity index (χ0n) is 15.3. The molecule has 0 N–H and O–H groups in total. The van der Waals surface area contributed by atoms with Crippen LogP contribution >= 0.6 is 0 Å². The number of benzene rings is 3. The molecule has 126 valence electrons. The number of aryl methyl sites for hydroxylation is 3. The van der Waals surface area contributed by atoms with E-state index in [1.165, 1.54) is 50.1 Å². The fraction of sp³-hybridized carbons (Fsp3) is 0.167. The van der Waals surface area contributed by atoms with E-state index in [0.29, 0.717) is 0 Å². The van der Waals surface area contributed by atoms with E-state index in [4.69, 9.17) is 0 Å². The summed E-state index contributed by atoms with van der Waals surface area (Å²) in [7, 11) is 0. The third-order valence-electron chi connectivity index (χ3n) is 5.33. The van der Waals surface area contributed by atoms with Gasteiger partial charge in [0.05, 0.1) is 11.0 Å². The van der Waals surface area contributed by atoms with E-state index >= 15 is 0 Å². The highest BCUT2D eigenvalue weighted by molar-refractivity contribution is 5.98. The molecule has 0 radical (unpaired) electrons. The summed E-state index contributed by atoms with van der Waals surface area (Å²) in [6, 6.07) is 15.9. The first-order valence-corrected chi connectivity index (χ1v) is 9.05. The van der Waals surface area contributed by atoms with Crippen LogP contribution in [0.25, 0.3) is 33.3 Å². The monoisotopic (exact) mass is 336 g/mol. The molecule has 4 aromatic rings. The van der Waals surface area contributed by atoms with Gasteiger partial charge in [-0.1, -0.05) is 53.6 Å². The molecule has 5 rings (SSSR count). The van der Waals surface area contributed by atoms with E-state index in [-0.39, 0.29) is 0 Å². The zero-order valence-corrected chi connectivity index (χ0v) is 15.3. The molecular weight excluding hydrogens is 316 g/mol. The van der Waals surface area contributed by atoms with Crippen molar-refractivity contribution in [1.29, 1.82) is 0 Å². The number of hydrogen-bond donors (Lipinski definition) is 0. The molecular formula is C24H20N2. The topological polar surface area (TPSA) is 25.8 Å². The van der Waals surface area contributed by atoms with E-state index in [0.717, 1.165) is 17.5 Å². The van der Waals surface area contributed by atoms with Crippen LogP contribution in [0, 0.1) is 20.8 Å². The Morgan fingerprint density at radius 3 is 2.19 bits per heavy atom. The van der Waals surface area contributed by atoms with E-state index in [9.17, 15) is 0 Å². The molecule has 0 atom stereocenters. The normalized spacial score (nSPS) is 12.3. The number of rotatable bonds is 1. The lowest BCUT2D eigenvalue weighted by atomic mass is 9.96. The minimum Gasteiger partial charge on any atom is -0.253 e. The Morgan fingerprint density at radius 2 is 1.42 bits per heavy atom.